The van der Waals surface area contributed by atoms with E-state index in [0.717, 1.165) is 6.42 Å². The third-order valence-corrected chi connectivity index (χ3v) is 7.83. The van der Waals surface area contributed by atoms with Gasteiger partial charge in [0.2, 0.25) is 0 Å². The van der Waals surface area contributed by atoms with Crippen molar-refractivity contribution in [3.05, 3.63) is 12.2 Å². The number of rotatable bonds is 5. The molecule has 1 atom stereocenters. The highest BCUT2D eigenvalue weighted by atomic mass is 28.4. The van der Waals surface area contributed by atoms with Crippen LogP contribution in [0, 0.1) is 0 Å². The number of methoxy groups -OCH3 is 1. The maximum Gasteiger partial charge on any atom is 0.330 e. The molecule has 0 heterocycles. The van der Waals surface area contributed by atoms with Crippen molar-refractivity contribution >= 4 is 14.3 Å². The molecule has 3 nitrogen and oxygen atoms in total. The Labute approximate surface area is 106 Å². The summed E-state index contributed by atoms with van der Waals surface area (Å²) in [6, 6.07) is 0. The van der Waals surface area contributed by atoms with Gasteiger partial charge in [0.25, 0.3) is 0 Å². The normalized spacial score (nSPS) is 15.0. The van der Waals surface area contributed by atoms with Gasteiger partial charge < -0.3 is 9.16 Å². The molecule has 0 spiro atoms. The summed E-state index contributed by atoms with van der Waals surface area (Å²) in [5.41, 5.74) is 0. The highest BCUT2D eigenvalue weighted by molar-refractivity contribution is 6.74. The molecule has 0 amide bonds. The zero-order valence-electron chi connectivity index (χ0n) is 12.2. The molecule has 0 rings (SSSR count). The molecule has 0 aliphatic rings. The summed E-state index contributed by atoms with van der Waals surface area (Å²) in [5.74, 6) is -0.315. The lowest BCUT2D eigenvalue weighted by Gasteiger charge is -2.38. The molecule has 0 saturated heterocycles. The third kappa shape index (κ3) is 6.03. The summed E-state index contributed by atoms with van der Waals surface area (Å²) in [4.78, 5) is 10.9. The van der Waals surface area contributed by atoms with Crippen molar-refractivity contribution in [3.8, 4) is 0 Å². The van der Waals surface area contributed by atoms with E-state index >= 15 is 0 Å². The Morgan fingerprint density at radius 2 is 1.88 bits per heavy atom. The Bertz CT molecular complexity index is 277. The molecule has 0 unspecified atom stereocenters. The van der Waals surface area contributed by atoms with Crippen LogP contribution in [0.25, 0.3) is 0 Å². The van der Waals surface area contributed by atoms with Gasteiger partial charge in [-0.1, -0.05) is 26.8 Å². The zero-order valence-corrected chi connectivity index (χ0v) is 13.2. The maximum absolute atomic E-state index is 10.9. The Hall–Kier alpha value is -0.613. The van der Waals surface area contributed by atoms with Crippen molar-refractivity contribution in [2.24, 2.45) is 0 Å². The monoisotopic (exact) mass is 258 g/mol. The molecule has 0 bridgehead atoms. The second-order valence-electron chi connectivity index (χ2n) is 5.85. The number of hydrogen-bond acceptors (Lipinski definition) is 3. The lowest BCUT2D eigenvalue weighted by Crippen LogP contribution is -2.43. The Balaban J connectivity index is 4.24. The van der Waals surface area contributed by atoms with Crippen molar-refractivity contribution in [2.45, 2.75) is 58.4 Å². The molecule has 0 aliphatic carbocycles. The highest BCUT2D eigenvalue weighted by Crippen LogP contribution is 2.37. The van der Waals surface area contributed by atoms with Gasteiger partial charge in [-0.3, -0.25) is 0 Å². The molecule has 17 heavy (non-hydrogen) atoms. The van der Waals surface area contributed by atoms with Gasteiger partial charge in [-0.25, -0.2) is 4.79 Å². The van der Waals surface area contributed by atoms with E-state index in [0.29, 0.717) is 0 Å². The second kappa shape index (κ2) is 6.35. The first-order chi connectivity index (χ1) is 7.60. The van der Waals surface area contributed by atoms with Gasteiger partial charge >= 0.3 is 5.97 Å². The molecule has 0 aromatic rings. The molecular weight excluding hydrogens is 232 g/mol. The molecule has 0 aromatic carbocycles. The number of carbonyl (C=O) groups is 1. The first-order valence-electron chi connectivity index (χ1n) is 6.02. The summed E-state index contributed by atoms with van der Waals surface area (Å²) in [6.07, 6.45) is 4.13. The Kier molecular flexibility index (Phi) is 6.13. The molecule has 0 N–H and O–H groups in total. The van der Waals surface area contributed by atoms with E-state index in [1.165, 1.54) is 13.2 Å². The zero-order chi connectivity index (χ0) is 13.7. The molecule has 0 saturated carbocycles. The van der Waals surface area contributed by atoms with Gasteiger partial charge in [0.15, 0.2) is 8.32 Å². The third-order valence-electron chi connectivity index (χ3n) is 3.23. The van der Waals surface area contributed by atoms with E-state index in [9.17, 15) is 4.79 Å². The minimum Gasteiger partial charge on any atom is -0.466 e. The number of hydrogen-bond donors (Lipinski definition) is 0. The van der Waals surface area contributed by atoms with Crippen molar-refractivity contribution in [3.63, 3.8) is 0 Å². The van der Waals surface area contributed by atoms with Crippen molar-refractivity contribution in [2.75, 3.05) is 7.11 Å². The summed E-state index contributed by atoms with van der Waals surface area (Å²) >= 11 is 0. The Morgan fingerprint density at radius 1 is 1.35 bits per heavy atom. The van der Waals surface area contributed by atoms with Gasteiger partial charge in [-0.15, -0.1) is 0 Å². The van der Waals surface area contributed by atoms with Crippen LogP contribution in [0.5, 0.6) is 0 Å². The minimum atomic E-state index is -1.70. The van der Waals surface area contributed by atoms with Crippen LogP contribution in [0.1, 0.15) is 34.1 Å². The van der Waals surface area contributed by atoms with Crippen LogP contribution in [0.15, 0.2) is 12.2 Å². The summed E-state index contributed by atoms with van der Waals surface area (Å²) in [6.45, 7) is 13.2. The van der Waals surface area contributed by atoms with E-state index in [-0.39, 0.29) is 17.1 Å². The van der Waals surface area contributed by atoms with Crippen LogP contribution in [-0.4, -0.2) is 27.5 Å². The first-order valence-corrected chi connectivity index (χ1v) is 8.93. The van der Waals surface area contributed by atoms with Gasteiger partial charge in [0.1, 0.15) is 0 Å². The van der Waals surface area contributed by atoms with Gasteiger partial charge in [-0.05, 0) is 31.5 Å². The highest BCUT2D eigenvalue weighted by Gasteiger charge is 2.38. The lowest BCUT2D eigenvalue weighted by atomic mass is 10.2. The number of esters is 1. The van der Waals surface area contributed by atoms with E-state index in [2.05, 4.69) is 38.6 Å². The van der Waals surface area contributed by atoms with E-state index in [1.54, 1.807) is 0 Å². The van der Waals surface area contributed by atoms with E-state index in [1.807, 2.05) is 13.0 Å². The molecule has 0 fully saturated rings. The fourth-order valence-electron chi connectivity index (χ4n) is 1.15. The van der Waals surface area contributed by atoms with Crippen molar-refractivity contribution < 1.29 is 14.0 Å². The fraction of sp³-hybridized carbons (Fsp3) is 0.769. The van der Waals surface area contributed by atoms with E-state index in [4.69, 9.17) is 4.43 Å². The minimum absolute atomic E-state index is 0.136. The molecular formula is C13H26O3Si. The fourth-order valence-corrected chi connectivity index (χ4v) is 2.61. The number of carbonyl (C=O) groups excluding carboxylic acids is 1. The summed E-state index contributed by atoms with van der Waals surface area (Å²) < 4.78 is 10.7. The summed E-state index contributed by atoms with van der Waals surface area (Å²) in [5, 5.41) is 0.216. The summed E-state index contributed by atoms with van der Waals surface area (Å²) in [7, 11) is -0.326. The molecule has 100 valence electrons. The van der Waals surface area contributed by atoms with Crippen LogP contribution in [0.4, 0.5) is 0 Å². The van der Waals surface area contributed by atoms with Gasteiger partial charge in [0, 0.05) is 12.2 Å². The lowest BCUT2D eigenvalue weighted by molar-refractivity contribution is -0.134. The van der Waals surface area contributed by atoms with Gasteiger partial charge in [-0.2, -0.15) is 0 Å². The van der Waals surface area contributed by atoms with Crippen molar-refractivity contribution in [1.29, 1.82) is 0 Å². The first kappa shape index (κ1) is 16.4. The second-order valence-corrected chi connectivity index (χ2v) is 10.6. The Morgan fingerprint density at radius 3 is 2.29 bits per heavy atom. The molecule has 0 aromatic heterocycles. The maximum atomic E-state index is 10.9. The van der Waals surface area contributed by atoms with Crippen LogP contribution >= 0.6 is 0 Å². The topological polar surface area (TPSA) is 35.5 Å². The van der Waals surface area contributed by atoms with Crippen LogP contribution in [0.3, 0.4) is 0 Å². The van der Waals surface area contributed by atoms with Crippen LogP contribution in [-0.2, 0) is 14.0 Å². The smallest absolute Gasteiger partial charge is 0.330 e. The SMILES string of the molecule is COC(=O)/C=C\C[C@@H](C)O[Si](C)(C)C(C)(C)C. The van der Waals surface area contributed by atoms with Crippen LogP contribution in [0.2, 0.25) is 18.1 Å². The predicted octanol–water partition coefficient (Wildman–Crippen LogP) is 3.52. The average molecular weight is 258 g/mol. The molecule has 4 heteroatoms. The molecule has 0 aliphatic heterocycles. The molecule has 0 radical (unpaired) electrons. The largest absolute Gasteiger partial charge is 0.466 e. The quantitative estimate of drug-likeness (QED) is 0.430. The number of ether oxygens (including phenoxy) is 1. The van der Waals surface area contributed by atoms with E-state index < -0.39 is 8.32 Å². The van der Waals surface area contributed by atoms with Gasteiger partial charge in [0.05, 0.1) is 7.11 Å². The standard InChI is InChI=1S/C13H26O3Si/c1-11(9-8-10-12(14)15-5)16-17(6,7)13(2,3)4/h8,10-11H,9H2,1-7H3/b10-8-/t11-/m1/s1. The average Bonchev–Trinajstić information content (AvgIpc) is 2.14. The predicted molar refractivity (Wildman–Crippen MR) is 73.5 cm³/mol. The van der Waals surface area contributed by atoms with Crippen LogP contribution < -0.4 is 0 Å². The van der Waals surface area contributed by atoms with Crippen molar-refractivity contribution in [1.82, 2.24) is 0 Å².